The van der Waals surface area contributed by atoms with E-state index in [0.29, 0.717) is 17.8 Å². The quantitative estimate of drug-likeness (QED) is 0.424. The summed E-state index contributed by atoms with van der Waals surface area (Å²) in [7, 11) is -1.88. The SMILES string of the molecule is C=C[C@]1(C)CCC2C(C=CC3[C@]2(C)CCC[C@@]3(C)C(=O)O[Si](C)(C)C)C1. The van der Waals surface area contributed by atoms with Crippen LogP contribution in [0.3, 0.4) is 0 Å². The molecule has 2 nitrogen and oxygen atoms in total. The van der Waals surface area contributed by atoms with Crippen LogP contribution in [0.5, 0.6) is 0 Å². The Hall–Kier alpha value is -0.833. The first kappa shape index (κ1) is 19.9. The largest absolute Gasteiger partial charge is 0.519 e. The molecule has 6 atom stereocenters. The van der Waals surface area contributed by atoms with Gasteiger partial charge in [0.15, 0.2) is 0 Å². The lowest BCUT2D eigenvalue weighted by atomic mass is 9.45. The third-order valence-electron chi connectivity index (χ3n) is 7.81. The molecule has 0 radical (unpaired) electrons. The number of hydrogen-bond acceptors (Lipinski definition) is 2. The third kappa shape index (κ3) is 3.25. The summed E-state index contributed by atoms with van der Waals surface area (Å²) in [4.78, 5) is 13.2. The number of allylic oxidation sites excluding steroid dienone is 3. The summed E-state index contributed by atoms with van der Waals surface area (Å²) in [5.41, 5.74) is 0.116. The van der Waals surface area contributed by atoms with Crippen LogP contribution in [0.1, 0.15) is 59.3 Å². The second kappa shape index (κ2) is 6.36. The van der Waals surface area contributed by atoms with Gasteiger partial charge in [0.05, 0.1) is 5.41 Å². The third-order valence-corrected chi connectivity index (χ3v) is 8.61. The minimum atomic E-state index is -1.88. The van der Waals surface area contributed by atoms with Gasteiger partial charge in [-0.15, -0.1) is 6.58 Å². The van der Waals surface area contributed by atoms with E-state index in [-0.39, 0.29) is 22.2 Å². The molecular weight excluding hydrogens is 336 g/mol. The maximum atomic E-state index is 13.2. The lowest BCUT2D eigenvalue weighted by Gasteiger charge is -2.59. The zero-order valence-corrected chi connectivity index (χ0v) is 18.7. The minimum Gasteiger partial charge on any atom is -0.519 e. The summed E-state index contributed by atoms with van der Waals surface area (Å²) in [6.45, 7) is 17.4. The maximum absolute atomic E-state index is 13.2. The van der Waals surface area contributed by atoms with Gasteiger partial charge in [-0.3, -0.25) is 4.79 Å². The van der Waals surface area contributed by atoms with Crippen LogP contribution in [0, 0.1) is 34.0 Å². The van der Waals surface area contributed by atoms with E-state index in [1.165, 1.54) is 25.7 Å². The highest BCUT2D eigenvalue weighted by Crippen LogP contribution is 2.63. The van der Waals surface area contributed by atoms with E-state index >= 15 is 0 Å². The van der Waals surface area contributed by atoms with Gasteiger partial charge in [0.25, 0.3) is 5.97 Å². The standard InChI is InChI=1S/C23H38O2Si/c1-8-21(2)15-12-18-17(16-21)10-11-19-22(18,3)13-9-14-23(19,4)20(24)25-26(5,6)7/h8,10-11,17-19H,1,9,12-16H2,2-7H3/t17?,18?,19?,21-,22-,23-/m1/s1. The topological polar surface area (TPSA) is 26.3 Å². The average molecular weight is 375 g/mol. The monoisotopic (exact) mass is 374 g/mol. The summed E-state index contributed by atoms with van der Waals surface area (Å²) in [6, 6.07) is 0. The molecule has 3 aliphatic carbocycles. The van der Waals surface area contributed by atoms with Crippen molar-refractivity contribution in [2.45, 2.75) is 78.9 Å². The minimum absolute atomic E-state index is 0.0578. The van der Waals surface area contributed by atoms with Crippen LogP contribution in [0.15, 0.2) is 24.8 Å². The molecule has 26 heavy (non-hydrogen) atoms. The number of carbonyl (C=O) groups excluding carboxylic acids is 1. The molecule has 3 rings (SSSR count). The molecule has 0 N–H and O–H groups in total. The molecule has 0 aliphatic heterocycles. The second-order valence-corrected chi connectivity index (χ2v) is 15.4. The molecule has 3 heteroatoms. The van der Waals surface area contributed by atoms with Crippen molar-refractivity contribution in [1.82, 2.24) is 0 Å². The molecular formula is C23H38O2Si. The molecule has 3 aliphatic rings. The predicted molar refractivity (Wildman–Crippen MR) is 111 cm³/mol. The van der Waals surface area contributed by atoms with Crippen molar-refractivity contribution in [3.05, 3.63) is 24.8 Å². The summed E-state index contributed by atoms with van der Waals surface area (Å²) in [6.07, 6.45) is 14.0. The van der Waals surface area contributed by atoms with Gasteiger partial charge in [-0.1, -0.05) is 38.5 Å². The number of rotatable bonds is 3. The zero-order valence-electron chi connectivity index (χ0n) is 17.7. The highest BCUT2D eigenvalue weighted by molar-refractivity contribution is 6.71. The van der Waals surface area contributed by atoms with E-state index in [4.69, 9.17) is 4.43 Å². The molecule has 2 saturated carbocycles. The Kier molecular flexibility index (Phi) is 4.87. The molecule has 0 bridgehead atoms. The van der Waals surface area contributed by atoms with Crippen molar-refractivity contribution in [3.8, 4) is 0 Å². The van der Waals surface area contributed by atoms with Crippen molar-refractivity contribution in [3.63, 3.8) is 0 Å². The molecule has 0 amide bonds. The highest BCUT2D eigenvalue weighted by atomic mass is 28.4. The Morgan fingerprint density at radius 3 is 2.46 bits per heavy atom. The Morgan fingerprint density at radius 1 is 1.15 bits per heavy atom. The van der Waals surface area contributed by atoms with E-state index in [2.05, 4.69) is 65.2 Å². The lowest BCUT2D eigenvalue weighted by molar-refractivity contribution is -0.159. The molecule has 0 aromatic rings. The van der Waals surface area contributed by atoms with Gasteiger partial charge in [-0.05, 0) is 87.3 Å². The van der Waals surface area contributed by atoms with Gasteiger partial charge in [0.2, 0.25) is 8.32 Å². The Balaban J connectivity index is 1.93. The van der Waals surface area contributed by atoms with Gasteiger partial charge in [-0.2, -0.15) is 0 Å². The second-order valence-electron chi connectivity index (χ2n) is 11.0. The molecule has 0 heterocycles. The first-order valence-electron chi connectivity index (χ1n) is 10.5. The van der Waals surface area contributed by atoms with Crippen molar-refractivity contribution in [1.29, 1.82) is 0 Å². The molecule has 146 valence electrons. The summed E-state index contributed by atoms with van der Waals surface area (Å²) in [5.74, 6) is 1.68. The van der Waals surface area contributed by atoms with Crippen molar-refractivity contribution < 1.29 is 9.22 Å². The highest BCUT2D eigenvalue weighted by Gasteiger charge is 2.59. The Morgan fingerprint density at radius 2 is 1.85 bits per heavy atom. The number of hydrogen-bond donors (Lipinski definition) is 0. The van der Waals surface area contributed by atoms with Crippen LogP contribution in [0.2, 0.25) is 19.6 Å². The van der Waals surface area contributed by atoms with Gasteiger partial charge in [-0.25, -0.2) is 0 Å². The Bertz CT molecular complexity index is 618. The van der Waals surface area contributed by atoms with Crippen LogP contribution in [-0.4, -0.2) is 14.3 Å². The summed E-state index contributed by atoms with van der Waals surface area (Å²) < 4.78 is 6.01. The van der Waals surface area contributed by atoms with Crippen molar-refractivity contribution in [2.24, 2.45) is 34.0 Å². The van der Waals surface area contributed by atoms with Crippen molar-refractivity contribution in [2.75, 3.05) is 0 Å². The van der Waals surface area contributed by atoms with Crippen LogP contribution < -0.4 is 0 Å². The first-order valence-corrected chi connectivity index (χ1v) is 13.9. The lowest BCUT2D eigenvalue weighted by Crippen LogP contribution is -2.55. The molecule has 0 spiro atoms. The summed E-state index contributed by atoms with van der Waals surface area (Å²) in [5, 5.41) is 0. The fraction of sp³-hybridized carbons (Fsp3) is 0.783. The normalized spacial score (nSPS) is 45.4. The van der Waals surface area contributed by atoms with E-state index in [9.17, 15) is 4.79 Å². The molecule has 0 saturated heterocycles. The van der Waals surface area contributed by atoms with Gasteiger partial charge in [0.1, 0.15) is 0 Å². The van der Waals surface area contributed by atoms with E-state index < -0.39 is 8.32 Å². The molecule has 0 aromatic carbocycles. The number of carbonyl (C=O) groups is 1. The van der Waals surface area contributed by atoms with E-state index in [0.717, 1.165) is 12.8 Å². The average Bonchev–Trinajstić information content (AvgIpc) is 2.52. The first-order chi connectivity index (χ1) is 11.9. The maximum Gasteiger partial charge on any atom is 0.299 e. The van der Waals surface area contributed by atoms with Crippen LogP contribution in [0.4, 0.5) is 0 Å². The van der Waals surface area contributed by atoms with Crippen LogP contribution >= 0.6 is 0 Å². The smallest absolute Gasteiger partial charge is 0.299 e. The van der Waals surface area contributed by atoms with Gasteiger partial charge < -0.3 is 4.43 Å². The Labute approximate surface area is 161 Å². The van der Waals surface area contributed by atoms with Crippen LogP contribution in [-0.2, 0) is 9.22 Å². The predicted octanol–water partition coefficient (Wildman–Crippen LogP) is 6.36. The molecule has 2 fully saturated rings. The van der Waals surface area contributed by atoms with Gasteiger partial charge >= 0.3 is 0 Å². The fourth-order valence-electron chi connectivity index (χ4n) is 6.29. The van der Waals surface area contributed by atoms with Crippen LogP contribution in [0.25, 0.3) is 0 Å². The van der Waals surface area contributed by atoms with Crippen molar-refractivity contribution >= 4 is 14.3 Å². The zero-order chi connectivity index (χ0) is 19.4. The van der Waals surface area contributed by atoms with Gasteiger partial charge in [0, 0.05) is 0 Å². The van der Waals surface area contributed by atoms with E-state index in [1.807, 2.05) is 0 Å². The molecule has 0 aromatic heterocycles. The summed E-state index contributed by atoms with van der Waals surface area (Å²) >= 11 is 0. The number of fused-ring (bicyclic) bond motifs is 3. The van der Waals surface area contributed by atoms with E-state index in [1.54, 1.807) is 0 Å². The molecule has 3 unspecified atom stereocenters. The fourth-order valence-corrected chi connectivity index (χ4v) is 7.08.